The van der Waals surface area contributed by atoms with Crippen molar-refractivity contribution >= 4 is 5.91 Å². The maximum absolute atomic E-state index is 12.3. The second-order valence-electron chi connectivity index (χ2n) is 13.0. The third-order valence-corrected chi connectivity index (χ3v) is 8.77. The molecule has 0 fully saturated rings. The Bertz CT molecular complexity index is 565. The molecular formula is C38H75NO3. The molecule has 2 atom stereocenters. The fourth-order valence-corrected chi connectivity index (χ4v) is 5.82. The van der Waals surface area contributed by atoms with Crippen LogP contribution in [-0.4, -0.2) is 34.9 Å². The van der Waals surface area contributed by atoms with Crippen molar-refractivity contribution < 1.29 is 15.0 Å². The molecule has 0 saturated heterocycles. The molecule has 1 amide bonds. The van der Waals surface area contributed by atoms with Gasteiger partial charge >= 0.3 is 0 Å². The molecule has 0 aliphatic heterocycles. The van der Waals surface area contributed by atoms with Crippen LogP contribution in [0.3, 0.4) is 0 Å². The van der Waals surface area contributed by atoms with E-state index in [0.29, 0.717) is 6.42 Å². The first-order chi connectivity index (χ1) is 20.7. The van der Waals surface area contributed by atoms with Crippen LogP contribution >= 0.6 is 0 Å². The third kappa shape index (κ3) is 30.6. The quantitative estimate of drug-likeness (QED) is 0.0513. The minimum absolute atomic E-state index is 0.0622. The molecule has 4 nitrogen and oxygen atoms in total. The predicted octanol–water partition coefficient (Wildman–Crippen LogP) is 11.1. The Morgan fingerprint density at radius 3 is 1.24 bits per heavy atom. The molecule has 0 aliphatic carbocycles. The number of hydrogen-bond acceptors (Lipinski definition) is 3. The maximum atomic E-state index is 12.3. The van der Waals surface area contributed by atoms with Crippen LogP contribution in [0.15, 0.2) is 12.2 Å². The maximum Gasteiger partial charge on any atom is 0.220 e. The van der Waals surface area contributed by atoms with Gasteiger partial charge in [0, 0.05) is 6.42 Å². The molecule has 0 aromatic rings. The van der Waals surface area contributed by atoms with E-state index in [1.165, 1.54) is 161 Å². The molecule has 0 rings (SSSR count). The van der Waals surface area contributed by atoms with E-state index in [1.807, 2.05) is 6.08 Å². The Kier molecular flexibility index (Phi) is 33.9. The Morgan fingerprint density at radius 1 is 0.548 bits per heavy atom. The van der Waals surface area contributed by atoms with Gasteiger partial charge in [0.25, 0.3) is 0 Å². The molecule has 0 heterocycles. The largest absolute Gasteiger partial charge is 0.394 e. The summed E-state index contributed by atoms with van der Waals surface area (Å²) < 4.78 is 0. The number of amides is 1. The first-order valence-corrected chi connectivity index (χ1v) is 18.9. The number of carbonyl (C=O) groups excluding carboxylic acids is 1. The SMILES string of the molecule is CCCCCCCCCCCCCC/C=C/C(O)C(CO)NC(=O)CCCCCCCCCCCCCCCCCC. The van der Waals surface area contributed by atoms with Crippen molar-refractivity contribution in [2.45, 2.75) is 219 Å². The van der Waals surface area contributed by atoms with E-state index in [0.717, 1.165) is 25.7 Å². The number of nitrogens with one attached hydrogen (secondary N) is 1. The molecule has 0 aliphatic rings. The average Bonchev–Trinajstić information content (AvgIpc) is 2.99. The highest BCUT2D eigenvalue weighted by Gasteiger charge is 2.17. The van der Waals surface area contributed by atoms with Crippen LogP contribution in [0.1, 0.15) is 206 Å². The van der Waals surface area contributed by atoms with Gasteiger partial charge in [0.2, 0.25) is 5.91 Å². The highest BCUT2D eigenvalue weighted by Crippen LogP contribution is 2.15. The van der Waals surface area contributed by atoms with E-state index in [2.05, 4.69) is 19.2 Å². The molecule has 0 spiro atoms. The summed E-state index contributed by atoms with van der Waals surface area (Å²) >= 11 is 0. The summed E-state index contributed by atoms with van der Waals surface area (Å²) in [7, 11) is 0. The Hall–Kier alpha value is -0.870. The van der Waals surface area contributed by atoms with E-state index >= 15 is 0 Å². The lowest BCUT2D eigenvalue weighted by molar-refractivity contribution is -0.123. The van der Waals surface area contributed by atoms with Crippen LogP contribution in [0, 0.1) is 0 Å². The van der Waals surface area contributed by atoms with Crippen LogP contribution in [0.25, 0.3) is 0 Å². The molecule has 250 valence electrons. The standard InChI is InChI=1S/C38H75NO3/c1-3-5-7-9-11-13-15-17-19-20-22-24-26-28-30-32-34-38(42)39-36(35-40)37(41)33-31-29-27-25-23-21-18-16-14-12-10-8-6-4-2/h31,33,36-37,40-41H,3-30,32,34-35H2,1-2H3,(H,39,42)/b33-31+. The summed E-state index contributed by atoms with van der Waals surface area (Å²) in [6.07, 6.45) is 41.5. The second kappa shape index (κ2) is 34.6. The monoisotopic (exact) mass is 594 g/mol. The molecule has 0 radical (unpaired) electrons. The molecule has 0 bridgehead atoms. The third-order valence-electron chi connectivity index (χ3n) is 8.77. The Labute approximate surface area is 263 Å². The number of allylic oxidation sites excluding steroid dienone is 1. The van der Waals surface area contributed by atoms with E-state index in [9.17, 15) is 15.0 Å². The van der Waals surface area contributed by atoms with Gasteiger partial charge in [-0.25, -0.2) is 0 Å². The lowest BCUT2D eigenvalue weighted by Crippen LogP contribution is -2.45. The molecule has 3 N–H and O–H groups in total. The molecule has 4 heteroatoms. The smallest absolute Gasteiger partial charge is 0.220 e. The summed E-state index contributed by atoms with van der Waals surface area (Å²) in [5.41, 5.74) is 0. The van der Waals surface area contributed by atoms with Gasteiger partial charge in [-0.15, -0.1) is 0 Å². The van der Waals surface area contributed by atoms with Gasteiger partial charge in [-0.3, -0.25) is 4.79 Å². The molecule has 2 unspecified atom stereocenters. The zero-order chi connectivity index (χ0) is 30.8. The summed E-state index contributed by atoms with van der Waals surface area (Å²) in [6.45, 7) is 4.31. The minimum Gasteiger partial charge on any atom is -0.394 e. The van der Waals surface area contributed by atoms with Crippen LogP contribution in [0.4, 0.5) is 0 Å². The van der Waals surface area contributed by atoms with Crippen molar-refractivity contribution in [2.75, 3.05) is 6.61 Å². The van der Waals surface area contributed by atoms with Crippen molar-refractivity contribution in [1.29, 1.82) is 0 Å². The van der Waals surface area contributed by atoms with Gasteiger partial charge in [-0.1, -0.05) is 193 Å². The zero-order valence-electron chi connectivity index (χ0n) is 28.5. The molecular weight excluding hydrogens is 518 g/mol. The van der Waals surface area contributed by atoms with Crippen molar-refractivity contribution in [3.63, 3.8) is 0 Å². The Balaban J connectivity index is 3.58. The number of carbonyl (C=O) groups is 1. The summed E-state index contributed by atoms with van der Waals surface area (Å²) in [6, 6.07) is -0.614. The lowest BCUT2D eigenvalue weighted by atomic mass is 10.0. The van der Waals surface area contributed by atoms with E-state index in [-0.39, 0.29) is 12.5 Å². The van der Waals surface area contributed by atoms with Crippen molar-refractivity contribution in [2.24, 2.45) is 0 Å². The second-order valence-corrected chi connectivity index (χ2v) is 13.0. The van der Waals surface area contributed by atoms with Crippen LogP contribution in [-0.2, 0) is 4.79 Å². The van der Waals surface area contributed by atoms with Gasteiger partial charge in [0.1, 0.15) is 0 Å². The van der Waals surface area contributed by atoms with Gasteiger partial charge in [-0.05, 0) is 19.3 Å². The summed E-state index contributed by atoms with van der Waals surface area (Å²) in [5.74, 6) is -0.0622. The molecule has 0 saturated carbocycles. The topological polar surface area (TPSA) is 69.6 Å². The first-order valence-electron chi connectivity index (χ1n) is 18.9. The van der Waals surface area contributed by atoms with Gasteiger partial charge in [0.15, 0.2) is 0 Å². The number of aliphatic hydroxyl groups excluding tert-OH is 2. The first kappa shape index (κ1) is 41.1. The number of hydrogen-bond donors (Lipinski definition) is 3. The van der Waals surface area contributed by atoms with Crippen molar-refractivity contribution in [3.05, 3.63) is 12.2 Å². The fourth-order valence-electron chi connectivity index (χ4n) is 5.82. The van der Waals surface area contributed by atoms with Gasteiger partial charge in [0.05, 0.1) is 18.8 Å². The highest BCUT2D eigenvalue weighted by atomic mass is 16.3. The fraction of sp³-hybridized carbons (Fsp3) is 0.921. The number of aliphatic hydroxyl groups is 2. The number of unbranched alkanes of at least 4 members (excludes halogenated alkanes) is 27. The molecule has 0 aromatic carbocycles. The zero-order valence-corrected chi connectivity index (χ0v) is 28.5. The Morgan fingerprint density at radius 2 is 0.881 bits per heavy atom. The van der Waals surface area contributed by atoms with Gasteiger partial charge in [-0.2, -0.15) is 0 Å². The minimum atomic E-state index is -0.831. The summed E-state index contributed by atoms with van der Waals surface area (Å²) in [5, 5.41) is 22.9. The predicted molar refractivity (Wildman–Crippen MR) is 184 cm³/mol. The van der Waals surface area contributed by atoms with E-state index < -0.39 is 12.1 Å². The summed E-state index contributed by atoms with van der Waals surface area (Å²) in [4.78, 5) is 12.3. The molecule has 42 heavy (non-hydrogen) atoms. The average molecular weight is 594 g/mol. The normalized spacial score (nSPS) is 13.1. The van der Waals surface area contributed by atoms with Crippen LogP contribution in [0.5, 0.6) is 0 Å². The lowest BCUT2D eigenvalue weighted by Gasteiger charge is -2.20. The highest BCUT2D eigenvalue weighted by molar-refractivity contribution is 5.76. The number of rotatable bonds is 34. The van der Waals surface area contributed by atoms with Crippen molar-refractivity contribution in [3.8, 4) is 0 Å². The van der Waals surface area contributed by atoms with E-state index in [1.54, 1.807) is 6.08 Å². The van der Waals surface area contributed by atoms with Crippen LogP contribution < -0.4 is 5.32 Å². The van der Waals surface area contributed by atoms with Crippen LogP contribution in [0.2, 0.25) is 0 Å². The van der Waals surface area contributed by atoms with Gasteiger partial charge < -0.3 is 15.5 Å². The molecule has 0 aromatic heterocycles. The van der Waals surface area contributed by atoms with E-state index in [4.69, 9.17) is 0 Å². The van der Waals surface area contributed by atoms with Crippen molar-refractivity contribution in [1.82, 2.24) is 5.32 Å².